The predicted molar refractivity (Wildman–Crippen MR) is 110 cm³/mol. The molecule has 0 fully saturated rings. The van der Waals surface area contributed by atoms with Crippen molar-refractivity contribution in [1.29, 1.82) is 0 Å². The Hall–Kier alpha value is -2.25. The SMILES string of the molecule is CCN(CC)CCOC(OC)(OC)c1ccc(NC(=O)c2ccccc2)cc1. The predicted octanol–water partition coefficient (Wildman–Crippen LogP) is 3.70. The lowest BCUT2D eigenvalue weighted by Crippen LogP contribution is -2.37. The maximum absolute atomic E-state index is 12.3. The first-order valence-corrected chi connectivity index (χ1v) is 9.52. The maximum atomic E-state index is 12.3. The fraction of sp³-hybridized carbons (Fsp3) is 0.409. The number of hydrogen-bond donors (Lipinski definition) is 1. The Morgan fingerprint density at radius 2 is 1.57 bits per heavy atom. The standard InChI is InChI=1S/C22H30N2O4/c1-5-24(6-2)16-17-28-22(26-3,27-4)19-12-14-20(15-13-19)23-21(25)18-10-8-7-9-11-18/h7-15H,5-6,16-17H2,1-4H3,(H,23,25). The van der Waals surface area contributed by atoms with Crippen LogP contribution in [0.15, 0.2) is 54.6 Å². The van der Waals surface area contributed by atoms with Crippen LogP contribution in [-0.4, -0.2) is 51.3 Å². The number of nitrogens with one attached hydrogen (secondary N) is 1. The Morgan fingerprint density at radius 1 is 0.964 bits per heavy atom. The number of methoxy groups -OCH3 is 2. The van der Waals surface area contributed by atoms with Crippen LogP contribution in [0.25, 0.3) is 0 Å². The molecule has 0 heterocycles. The van der Waals surface area contributed by atoms with E-state index in [9.17, 15) is 4.79 Å². The fourth-order valence-electron chi connectivity index (χ4n) is 2.92. The summed E-state index contributed by atoms with van der Waals surface area (Å²) >= 11 is 0. The Kier molecular flexibility index (Phi) is 8.60. The van der Waals surface area contributed by atoms with Crippen LogP contribution >= 0.6 is 0 Å². The van der Waals surface area contributed by atoms with Gasteiger partial charge in [-0.2, -0.15) is 0 Å². The minimum Gasteiger partial charge on any atom is -0.327 e. The molecule has 0 aliphatic heterocycles. The molecule has 0 aliphatic carbocycles. The van der Waals surface area contributed by atoms with Gasteiger partial charge in [-0.3, -0.25) is 4.79 Å². The van der Waals surface area contributed by atoms with E-state index in [0.29, 0.717) is 17.9 Å². The number of anilines is 1. The van der Waals surface area contributed by atoms with Gasteiger partial charge in [0, 0.05) is 37.6 Å². The normalized spacial score (nSPS) is 11.6. The van der Waals surface area contributed by atoms with Crippen LogP contribution in [-0.2, 0) is 20.2 Å². The Labute approximate surface area is 167 Å². The molecule has 0 bridgehead atoms. The summed E-state index contributed by atoms with van der Waals surface area (Å²) in [5, 5.41) is 2.88. The molecule has 2 aromatic rings. The van der Waals surface area contributed by atoms with Gasteiger partial charge in [0.15, 0.2) is 0 Å². The first-order valence-electron chi connectivity index (χ1n) is 9.52. The molecule has 28 heavy (non-hydrogen) atoms. The zero-order valence-corrected chi connectivity index (χ0v) is 17.1. The lowest BCUT2D eigenvalue weighted by atomic mass is 10.1. The van der Waals surface area contributed by atoms with Crippen molar-refractivity contribution in [2.75, 3.05) is 45.8 Å². The monoisotopic (exact) mass is 386 g/mol. The van der Waals surface area contributed by atoms with Crippen molar-refractivity contribution in [1.82, 2.24) is 4.90 Å². The van der Waals surface area contributed by atoms with E-state index in [0.717, 1.165) is 25.2 Å². The highest BCUT2D eigenvalue weighted by molar-refractivity contribution is 6.04. The summed E-state index contributed by atoms with van der Waals surface area (Å²) < 4.78 is 17.1. The van der Waals surface area contributed by atoms with Crippen molar-refractivity contribution in [2.45, 2.75) is 19.8 Å². The molecule has 2 rings (SSSR count). The minimum absolute atomic E-state index is 0.159. The average molecular weight is 386 g/mol. The third kappa shape index (κ3) is 5.62. The number of carbonyl (C=O) groups is 1. The van der Waals surface area contributed by atoms with Crippen molar-refractivity contribution in [2.24, 2.45) is 0 Å². The van der Waals surface area contributed by atoms with Crippen molar-refractivity contribution in [3.8, 4) is 0 Å². The lowest BCUT2D eigenvalue weighted by Gasteiger charge is -2.31. The summed E-state index contributed by atoms with van der Waals surface area (Å²) in [6, 6.07) is 16.3. The first kappa shape index (κ1) is 22.0. The quantitative estimate of drug-likeness (QED) is 0.597. The second-order valence-corrected chi connectivity index (χ2v) is 6.24. The fourth-order valence-corrected chi connectivity index (χ4v) is 2.92. The molecule has 2 aromatic carbocycles. The van der Waals surface area contributed by atoms with E-state index in [1.54, 1.807) is 38.5 Å². The molecule has 0 saturated carbocycles. The van der Waals surface area contributed by atoms with Crippen LogP contribution in [0.1, 0.15) is 29.8 Å². The van der Waals surface area contributed by atoms with Gasteiger partial charge >= 0.3 is 5.97 Å². The summed E-state index contributed by atoms with van der Waals surface area (Å²) in [6.07, 6.45) is 0. The Balaban J connectivity index is 2.06. The molecule has 0 unspecified atom stereocenters. The van der Waals surface area contributed by atoms with E-state index >= 15 is 0 Å². The number of nitrogens with zero attached hydrogens (tertiary/aromatic N) is 1. The zero-order valence-electron chi connectivity index (χ0n) is 17.1. The van der Waals surface area contributed by atoms with Crippen LogP contribution in [0.2, 0.25) is 0 Å². The highest BCUT2D eigenvalue weighted by Gasteiger charge is 2.33. The number of hydrogen-bond acceptors (Lipinski definition) is 5. The minimum atomic E-state index is -1.28. The highest BCUT2D eigenvalue weighted by Crippen LogP contribution is 2.28. The molecular formula is C22H30N2O4. The highest BCUT2D eigenvalue weighted by atomic mass is 16.9. The number of carbonyl (C=O) groups excluding carboxylic acids is 1. The molecule has 1 N–H and O–H groups in total. The van der Waals surface area contributed by atoms with Gasteiger partial charge < -0.3 is 24.4 Å². The Morgan fingerprint density at radius 3 is 2.11 bits per heavy atom. The van der Waals surface area contributed by atoms with Crippen molar-refractivity contribution in [3.05, 3.63) is 65.7 Å². The number of benzene rings is 2. The smallest absolute Gasteiger partial charge is 0.311 e. The Bertz CT molecular complexity index is 711. The van der Waals surface area contributed by atoms with Gasteiger partial charge in [-0.25, -0.2) is 0 Å². The number of rotatable bonds is 11. The van der Waals surface area contributed by atoms with Crippen molar-refractivity contribution < 1.29 is 19.0 Å². The topological polar surface area (TPSA) is 60.0 Å². The van der Waals surface area contributed by atoms with E-state index in [1.807, 2.05) is 30.3 Å². The van der Waals surface area contributed by atoms with Crippen LogP contribution < -0.4 is 5.32 Å². The van der Waals surface area contributed by atoms with E-state index < -0.39 is 5.97 Å². The van der Waals surface area contributed by atoms with E-state index in [1.165, 1.54) is 0 Å². The molecule has 6 nitrogen and oxygen atoms in total. The third-order valence-electron chi connectivity index (χ3n) is 4.66. The van der Waals surface area contributed by atoms with Crippen LogP contribution in [0.5, 0.6) is 0 Å². The molecule has 0 aromatic heterocycles. The second kappa shape index (κ2) is 10.9. The molecule has 1 amide bonds. The summed E-state index contributed by atoms with van der Waals surface area (Å²) in [5.74, 6) is -1.44. The van der Waals surface area contributed by atoms with Crippen LogP contribution in [0, 0.1) is 0 Å². The number of ether oxygens (including phenoxy) is 3. The number of amides is 1. The van der Waals surface area contributed by atoms with Gasteiger partial charge in [0.05, 0.1) is 6.61 Å². The molecule has 0 spiro atoms. The van der Waals surface area contributed by atoms with Gasteiger partial charge in [0.2, 0.25) is 0 Å². The average Bonchev–Trinajstić information content (AvgIpc) is 2.76. The molecule has 6 heteroatoms. The lowest BCUT2D eigenvalue weighted by molar-refractivity contribution is -0.375. The third-order valence-corrected chi connectivity index (χ3v) is 4.66. The number of likely N-dealkylation sites (N-methyl/N-ethyl adjacent to an activating group) is 1. The van der Waals surface area contributed by atoms with Gasteiger partial charge in [0.25, 0.3) is 5.91 Å². The van der Waals surface area contributed by atoms with Gasteiger partial charge in [-0.05, 0) is 49.5 Å². The summed E-state index contributed by atoms with van der Waals surface area (Å²) in [4.78, 5) is 14.5. The summed E-state index contributed by atoms with van der Waals surface area (Å²) in [6.45, 7) is 7.41. The summed E-state index contributed by atoms with van der Waals surface area (Å²) in [5.41, 5.74) is 2.01. The first-order chi connectivity index (χ1) is 13.6. The van der Waals surface area contributed by atoms with Crippen LogP contribution in [0.3, 0.4) is 0 Å². The van der Waals surface area contributed by atoms with Crippen molar-refractivity contribution >= 4 is 11.6 Å². The van der Waals surface area contributed by atoms with Gasteiger partial charge in [-0.15, -0.1) is 0 Å². The van der Waals surface area contributed by atoms with Crippen molar-refractivity contribution in [3.63, 3.8) is 0 Å². The maximum Gasteiger partial charge on any atom is 0.311 e. The van der Waals surface area contributed by atoms with Gasteiger partial charge in [0.1, 0.15) is 0 Å². The largest absolute Gasteiger partial charge is 0.327 e. The van der Waals surface area contributed by atoms with Crippen LogP contribution in [0.4, 0.5) is 5.69 Å². The van der Waals surface area contributed by atoms with E-state index in [4.69, 9.17) is 14.2 Å². The van der Waals surface area contributed by atoms with Gasteiger partial charge in [-0.1, -0.05) is 32.0 Å². The zero-order chi connectivity index (χ0) is 20.4. The molecular weight excluding hydrogens is 356 g/mol. The molecule has 0 saturated heterocycles. The summed E-state index contributed by atoms with van der Waals surface area (Å²) in [7, 11) is 3.10. The van der Waals surface area contributed by atoms with E-state index in [-0.39, 0.29) is 5.91 Å². The molecule has 0 radical (unpaired) electrons. The molecule has 152 valence electrons. The van der Waals surface area contributed by atoms with E-state index in [2.05, 4.69) is 24.1 Å². The second-order valence-electron chi connectivity index (χ2n) is 6.24. The molecule has 0 atom stereocenters. The molecule has 0 aliphatic rings.